The van der Waals surface area contributed by atoms with Crippen LogP contribution in [0.4, 0.5) is 4.39 Å². The number of ether oxygens (including phenoxy) is 1. The number of rotatable bonds is 6. The van der Waals surface area contributed by atoms with Crippen molar-refractivity contribution < 1.29 is 23.8 Å². The highest BCUT2D eigenvalue weighted by Gasteiger charge is 2.45. The van der Waals surface area contributed by atoms with Crippen LogP contribution in [0.1, 0.15) is 22.7 Å². The summed E-state index contributed by atoms with van der Waals surface area (Å²) in [5.74, 6) is -1.71. The second kappa shape index (κ2) is 9.06. The van der Waals surface area contributed by atoms with Crippen LogP contribution >= 0.6 is 0 Å². The smallest absolute Gasteiger partial charge is 0.295 e. The first kappa shape index (κ1) is 21.3. The minimum atomic E-state index is -0.892. The van der Waals surface area contributed by atoms with Crippen molar-refractivity contribution in [3.8, 4) is 5.75 Å². The zero-order valence-corrected chi connectivity index (χ0v) is 17.5. The molecule has 1 atom stereocenters. The zero-order chi connectivity index (χ0) is 22.7. The number of hydrogen-bond donors (Lipinski definition) is 1. The molecule has 0 saturated carbocycles. The molecule has 3 aromatic carbocycles. The number of carbonyl (C=O) groups excluding carboxylic acids is 2. The van der Waals surface area contributed by atoms with Crippen LogP contribution in [0.3, 0.4) is 0 Å². The Morgan fingerprint density at radius 2 is 1.72 bits per heavy atom. The van der Waals surface area contributed by atoms with Crippen molar-refractivity contribution in [2.24, 2.45) is 0 Å². The standard InChI is InChI=1S/C26H22FNO4/c1-32-21-12-10-18(11-13-21)24(29)22-23(19-8-5-9-20(27)16-19)28(26(31)25(22)30)15-14-17-6-3-2-4-7-17/h2-13,16,23,29H,14-15H2,1H3/b24-22-. The third-order valence-corrected chi connectivity index (χ3v) is 5.55. The van der Waals surface area contributed by atoms with E-state index in [2.05, 4.69) is 0 Å². The normalized spacial score (nSPS) is 17.6. The van der Waals surface area contributed by atoms with Gasteiger partial charge in [-0.3, -0.25) is 9.59 Å². The number of nitrogens with zero attached hydrogens (tertiary/aromatic N) is 1. The first-order valence-electron chi connectivity index (χ1n) is 10.2. The van der Waals surface area contributed by atoms with Gasteiger partial charge in [0.1, 0.15) is 17.3 Å². The molecule has 5 nitrogen and oxygen atoms in total. The lowest BCUT2D eigenvalue weighted by atomic mass is 9.95. The molecular weight excluding hydrogens is 409 g/mol. The first-order valence-corrected chi connectivity index (χ1v) is 10.2. The summed E-state index contributed by atoms with van der Waals surface area (Å²) in [7, 11) is 1.52. The van der Waals surface area contributed by atoms with E-state index in [0.717, 1.165) is 5.56 Å². The van der Waals surface area contributed by atoms with Crippen molar-refractivity contribution in [3.05, 3.63) is 107 Å². The van der Waals surface area contributed by atoms with Crippen molar-refractivity contribution in [3.63, 3.8) is 0 Å². The number of Topliss-reactive ketones (excluding diaryl/α,β-unsaturated/α-hetero) is 1. The van der Waals surface area contributed by atoms with Gasteiger partial charge in [-0.1, -0.05) is 42.5 Å². The van der Waals surface area contributed by atoms with Gasteiger partial charge in [0.05, 0.1) is 18.7 Å². The van der Waals surface area contributed by atoms with Gasteiger partial charge >= 0.3 is 0 Å². The second-order valence-corrected chi connectivity index (χ2v) is 7.51. The molecule has 6 heteroatoms. The molecule has 1 heterocycles. The van der Waals surface area contributed by atoms with Crippen LogP contribution in [0.15, 0.2) is 84.4 Å². The van der Waals surface area contributed by atoms with Gasteiger partial charge in [0, 0.05) is 12.1 Å². The summed E-state index contributed by atoms with van der Waals surface area (Å²) >= 11 is 0. The number of ketones is 1. The van der Waals surface area contributed by atoms with Crippen molar-refractivity contribution in [2.45, 2.75) is 12.5 Å². The Labute approximate surface area is 185 Å². The maximum absolute atomic E-state index is 14.0. The Kier molecular flexibility index (Phi) is 6.03. The Morgan fingerprint density at radius 3 is 2.38 bits per heavy atom. The predicted octanol–water partition coefficient (Wildman–Crippen LogP) is 4.50. The molecule has 32 heavy (non-hydrogen) atoms. The van der Waals surface area contributed by atoms with Crippen LogP contribution in [0.2, 0.25) is 0 Å². The summed E-state index contributed by atoms with van der Waals surface area (Å²) in [6, 6.07) is 20.9. The number of methoxy groups -OCH3 is 1. The van der Waals surface area contributed by atoms with Crippen LogP contribution in [0, 0.1) is 5.82 Å². The quantitative estimate of drug-likeness (QED) is 0.355. The summed E-state index contributed by atoms with van der Waals surface area (Å²) < 4.78 is 19.2. The van der Waals surface area contributed by atoms with E-state index in [9.17, 15) is 19.1 Å². The van der Waals surface area contributed by atoms with E-state index in [1.165, 1.54) is 30.2 Å². The van der Waals surface area contributed by atoms with Crippen LogP contribution in [-0.4, -0.2) is 35.4 Å². The summed E-state index contributed by atoms with van der Waals surface area (Å²) in [6.07, 6.45) is 0.516. The minimum Gasteiger partial charge on any atom is -0.507 e. The van der Waals surface area contributed by atoms with E-state index in [1.807, 2.05) is 30.3 Å². The van der Waals surface area contributed by atoms with E-state index in [4.69, 9.17) is 4.74 Å². The number of aliphatic hydroxyl groups excluding tert-OH is 1. The molecule has 4 rings (SSSR count). The summed E-state index contributed by atoms with van der Waals surface area (Å²) in [4.78, 5) is 27.4. The fraction of sp³-hybridized carbons (Fsp3) is 0.154. The van der Waals surface area contributed by atoms with E-state index >= 15 is 0 Å². The Hall–Kier alpha value is -3.93. The lowest BCUT2D eigenvalue weighted by Gasteiger charge is -2.25. The zero-order valence-electron chi connectivity index (χ0n) is 17.5. The van der Waals surface area contributed by atoms with Crippen LogP contribution in [-0.2, 0) is 16.0 Å². The van der Waals surface area contributed by atoms with Crippen molar-refractivity contribution >= 4 is 17.4 Å². The lowest BCUT2D eigenvalue weighted by Crippen LogP contribution is -2.31. The second-order valence-electron chi connectivity index (χ2n) is 7.51. The molecule has 1 unspecified atom stereocenters. The number of carbonyl (C=O) groups is 2. The van der Waals surface area contributed by atoms with Gasteiger partial charge in [0.25, 0.3) is 11.7 Å². The molecular formula is C26H22FNO4. The summed E-state index contributed by atoms with van der Waals surface area (Å²) in [6.45, 7) is 0.245. The third kappa shape index (κ3) is 4.12. The van der Waals surface area contributed by atoms with Gasteiger partial charge in [0.15, 0.2) is 0 Å². The third-order valence-electron chi connectivity index (χ3n) is 5.55. The monoisotopic (exact) mass is 431 g/mol. The van der Waals surface area contributed by atoms with Crippen LogP contribution in [0.25, 0.3) is 5.76 Å². The largest absolute Gasteiger partial charge is 0.507 e. The van der Waals surface area contributed by atoms with Gasteiger partial charge in [-0.25, -0.2) is 4.39 Å². The number of amides is 1. The van der Waals surface area contributed by atoms with Gasteiger partial charge in [-0.2, -0.15) is 0 Å². The predicted molar refractivity (Wildman–Crippen MR) is 119 cm³/mol. The lowest BCUT2D eigenvalue weighted by molar-refractivity contribution is -0.139. The highest BCUT2D eigenvalue weighted by molar-refractivity contribution is 6.46. The van der Waals surface area contributed by atoms with E-state index < -0.39 is 23.5 Å². The number of benzene rings is 3. The first-order chi connectivity index (χ1) is 15.5. The molecule has 0 aliphatic carbocycles. The molecule has 0 aromatic heterocycles. The number of likely N-dealkylation sites (tertiary alicyclic amines) is 1. The number of aliphatic hydroxyl groups is 1. The van der Waals surface area contributed by atoms with Crippen molar-refractivity contribution in [1.82, 2.24) is 4.90 Å². The highest BCUT2D eigenvalue weighted by atomic mass is 19.1. The van der Waals surface area contributed by atoms with Crippen molar-refractivity contribution in [2.75, 3.05) is 13.7 Å². The summed E-state index contributed by atoms with van der Waals surface area (Å²) in [5, 5.41) is 11.0. The maximum Gasteiger partial charge on any atom is 0.295 e. The van der Waals surface area contributed by atoms with Gasteiger partial charge in [0.2, 0.25) is 0 Å². The molecule has 1 saturated heterocycles. The van der Waals surface area contributed by atoms with E-state index in [0.29, 0.717) is 23.3 Å². The average molecular weight is 431 g/mol. The molecule has 1 aliphatic heterocycles. The molecule has 3 aromatic rings. The molecule has 1 aliphatic rings. The molecule has 0 bridgehead atoms. The molecule has 1 N–H and O–H groups in total. The fourth-order valence-corrected chi connectivity index (χ4v) is 3.93. The Balaban J connectivity index is 1.78. The number of halogens is 1. The molecule has 162 valence electrons. The fourth-order valence-electron chi connectivity index (χ4n) is 3.93. The molecule has 1 amide bonds. The molecule has 0 radical (unpaired) electrons. The maximum atomic E-state index is 14.0. The summed E-state index contributed by atoms with van der Waals surface area (Å²) in [5.41, 5.74) is 1.74. The van der Waals surface area contributed by atoms with Crippen LogP contribution in [0.5, 0.6) is 5.75 Å². The van der Waals surface area contributed by atoms with Gasteiger partial charge in [-0.15, -0.1) is 0 Å². The average Bonchev–Trinajstić information content (AvgIpc) is 3.08. The minimum absolute atomic E-state index is 0.0566. The van der Waals surface area contributed by atoms with Crippen molar-refractivity contribution in [1.29, 1.82) is 0 Å². The Morgan fingerprint density at radius 1 is 1.00 bits per heavy atom. The highest BCUT2D eigenvalue weighted by Crippen LogP contribution is 2.39. The van der Waals surface area contributed by atoms with Gasteiger partial charge < -0.3 is 14.7 Å². The van der Waals surface area contributed by atoms with E-state index in [-0.39, 0.29) is 17.9 Å². The van der Waals surface area contributed by atoms with Gasteiger partial charge in [-0.05, 0) is 53.9 Å². The SMILES string of the molecule is COc1ccc(/C(O)=C2/C(=O)C(=O)N(CCc3ccccc3)C2c2cccc(F)c2)cc1. The molecule has 0 spiro atoms. The Bertz CT molecular complexity index is 1170. The van der Waals surface area contributed by atoms with Crippen LogP contribution < -0.4 is 4.74 Å². The topological polar surface area (TPSA) is 66.8 Å². The van der Waals surface area contributed by atoms with E-state index in [1.54, 1.807) is 30.3 Å². The molecule has 1 fully saturated rings. The number of hydrogen-bond acceptors (Lipinski definition) is 4.